The third kappa shape index (κ3) is 4.61. The largest absolute Gasteiger partial charge is 0.393 e. The normalized spacial score (nSPS) is 44.5. The van der Waals surface area contributed by atoms with Crippen LogP contribution in [0.2, 0.25) is 0 Å². The maximum Gasteiger partial charge on any atom is 0.0811 e. The minimum atomic E-state index is -0.607. The summed E-state index contributed by atoms with van der Waals surface area (Å²) >= 11 is 0. The van der Waals surface area contributed by atoms with Crippen molar-refractivity contribution in [1.82, 2.24) is 0 Å². The number of aliphatic hydroxyl groups excluding tert-OH is 2. The summed E-state index contributed by atoms with van der Waals surface area (Å²) in [4.78, 5) is 0. The van der Waals surface area contributed by atoms with Gasteiger partial charge < -0.3 is 14.9 Å². The Bertz CT molecular complexity index is 737. The summed E-state index contributed by atoms with van der Waals surface area (Å²) in [5, 5.41) is 20.2. The van der Waals surface area contributed by atoms with E-state index in [0.29, 0.717) is 36.0 Å². The lowest BCUT2D eigenvalue weighted by Crippen LogP contribution is -2.42. The molecular weight excluding hydrogens is 384 g/mol. The lowest BCUT2D eigenvalue weighted by Gasteiger charge is -2.47. The van der Waals surface area contributed by atoms with Crippen molar-refractivity contribution in [3.05, 3.63) is 35.5 Å². The monoisotopic (exact) mass is 428 g/mol. The molecule has 0 bridgehead atoms. The number of rotatable bonds is 3. The zero-order chi connectivity index (χ0) is 22.4. The molecule has 0 radical (unpaired) electrons. The van der Waals surface area contributed by atoms with Crippen molar-refractivity contribution in [3.8, 4) is 0 Å². The summed E-state index contributed by atoms with van der Waals surface area (Å²) in [6.07, 6.45) is 13.3. The van der Waals surface area contributed by atoms with Gasteiger partial charge in [-0.05, 0) is 105 Å². The van der Waals surface area contributed by atoms with Crippen LogP contribution in [0.1, 0.15) is 85.5 Å². The first-order valence-corrected chi connectivity index (χ1v) is 12.7. The van der Waals surface area contributed by atoms with Crippen LogP contribution in [0.3, 0.4) is 0 Å². The van der Waals surface area contributed by atoms with E-state index in [4.69, 9.17) is 4.74 Å². The molecule has 3 heteroatoms. The molecule has 0 spiro atoms. The number of allylic oxidation sites excluding steroid dienone is 3. The molecule has 4 rings (SSSR count). The summed E-state index contributed by atoms with van der Waals surface area (Å²) < 4.78 is 6.21. The first-order valence-electron chi connectivity index (χ1n) is 12.7. The van der Waals surface area contributed by atoms with Gasteiger partial charge in [-0.1, -0.05) is 38.2 Å². The lowest BCUT2D eigenvalue weighted by molar-refractivity contribution is -0.0974. The van der Waals surface area contributed by atoms with Crippen molar-refractivity contribution in [3.63, 3.8) is 0 Å². The third-order valence-electron chi connectivity index (χ3n) is 9.49. The first kappa shape index (κ1) is 23.3. The maximum absolute atomic E-state index is 10.2. The zero-order valence-corrected chi connectivity index (χ0v) is 20.2. The van der Waals surface area contributed by atoms with E-state index in [1.807, 2.05) is 0 Å². The molecule has 1 heterocycles. The molecule has 1 aliphatic heterocycles. The molecular formula is C28H44O3. The maximum atomic E-state index is 10.2. The van der Waals surface area contributed by atoms with Gasteiger partial charge in [0.15, 0.2) is 0 Å². The van der Waals surface area contributed by atoms with E-state index in [2.05, 4.69) is 46.4 Å². The van der Waals surface area contributed by atoms with Gasteiger partial charge in [0.1, 0.15) is 0 Å². The number of aliphatic hydroxyl groups is 2. The Morgan fingerprint density at radius 1 is 1.10 bits per heavy atom. The standard InChI is InChI=1S/C28H44O3/c1-18(22-12-14-27(3,4)31-17-22)24-10-11-25-20(7-6-13-28(24,25)5)8-9-21-15-23(29)16-26(30)19(21)2/h8-9,18,22-26,29-30H,2,6-7,10-17H2,1,3-5H3/b20-8+,21-9-/t18-,22+,23-,24-,25+,26+,28-/m1/s1. The Kier molecular flexibility index (Phi) is 6.60. The topological polar surface area (TPSA) is 49.7 Å². The number of fused-ring (bicyclic) bond motifs is 1. The van der Waals surface area contributed by atoms with Gasteiger partial charge in [0.05, 0.1) is 24.4 Å². The average Bonchev–Trinajstić information content (AvgIpc) is 3.06. The molecule has 3 aliphatic carbocycles. The molecule has 1 saturated heterocycles. The smallest absolute Gasteiger partial charge is 0.0811 e. The van der Waals surface area contributed by atoms with Crippen molar-refractivity contribution in [1.29, 1.82) is 0 Å². The van der Waals surface area contributed by atoms with Crippen LogP contribution in [0.15, 0.2) is 35.5 Å². The van der Waals surface area contributed by atoms with Gasteiger partial charge in [0.25, 0.3) is 0 Å². The third-order valence-corrected chi connectivity index (χ3v) is 9.49. The molecule has 3 saturated carbocycles. The summed E-state index contributed by atoms with van der Waals surface area (Å²) in [6.45, 7) is 14.5. The van der Waals surface area contributed by atoms with E-state index in [1.165, 1.54) is 44.9 Å². The van der Waals surface area contributed by atoms with Crippen LogP contribution in [-0.2, 0) is 4.74 Å². The number of hydrogen-bond donors (Lipinski definition) is 2. The van der Waals surface area contributed by atoms with Crippen molar-refractivity contribution >= 4 is 0 Å². The van der Waals surface area contributed by atoms with E-state index in [1.54, 1.807) is 5.57 Å². The number of ether oxygens (including phenoxy) is 1. The predicted octanol–water partition coefficient (Wildman–Crippen LogP) is 5.97. The quantitative estimate of drug-likeness (QED) is 0.582. The molecule has 0 aromatic carbocycles. The molecule has 4 aliphatic rings. The zero-order valence-electron chi connectivity index (χ0n) is 20.2. The summed E-state index contributed by atoms with van der Waals surface area (Å²) in [5.74, 6) is 2.85. The Labute approximate surface area is 189 Å². The van der Waals surface area contributed by atoms with E-state index >= 15 is 0 Å². The van der Waals surface area contributed by atoms with Crippen molar-refractivity contribution < 1.29 is 14.9 Å². The highest BCUT2D eigenvalue weighted by Crippen LogP contribution is 2.60. The van der Waals surface area contributed by atoms with E-state index < -0.39 is 12.2 Å². The SMILES string of the molecule is C=C1/C(=C\C=C2/CCC[C@]3(C)[C@@H]([C@H](C)[C@H]4CCC(C)(C)OC4)CC[C@@H]23)C[C@@H](O)C[C@@H]1O. The molecule has 0 amide bonds. The van der Waals surface area contributed by atoms with Crippen LogP contribution in [-0.4, -0.2) is 34.6 Å². The summed E-state index contributed by atoms with van der Waals surface area (Å²) in [5.41, 5.74) is 3.84. The second-order valence-corrected chi connectivity index (χ2v) is 11.9. The molecule has 174 valence electrons. The molecule has 2 N–H and O–H groups in total. The Hall–Kier alpha value is -0.900. The highest BCUT2D eigenvalue weighted by atomic mass is 16.5. The van der Waals surface area contributed by atoms with Crippen molar-refractivity contribution in [2.45, 2.75) is 103 Å². The Morgan fingerprint density at radius 3 is 2.58 bits per heavy atom. The van der Waals surface area contributed by atoms with Gasteiger partial charge in [-0.15, -0.1) is 0 Å². The van der Waals surface area contributed by atoms with Crippen LogP contribution < -0.4 is 0 Å². The second kappa shape index (κ2) is 8.80. The van der Waals surface area contributed by atoms with E-state index in [9.17, 15) is 10.2 Å². The van der Waals surface area contributed by atoms with Gasteiger partial charge >= 0.3 is 0 Å². The molecule has 31 heavy (non-hydrogen) atoms. The molecule has 0 aromatic heterocycles. The highest BCUT2D eigenvalue weighted by molar-refractivity contribution is 5.38. The molecule has 4 fully saturated rings. The fraction of sp³-hybridized carbons (Fsp3) is 0.786. The minimum absolute atomic E-state index is 0.0524. The lowest BCUT2D eigenvalue weighted by atomic mass is 9.59. The number of hydrogen-bond acceptors (Lipinski definition) is 3. The van der Waals surface area contributed by atoms with Crippen molar-refractivity contribution in [2.24, 2.45) is 29.1 Å². The van der Waals surface area contributed by atoms with Gasteiger partial charge in [-0.3, -0.25) is 0 Å². The van der Waals surface area contributed by atoms with Crippen LogP contribution in [0.5, 0.6) is 0 Å². The summed E-state index contributed by atoms with van der Waals surface area (Å²) in [6, 6.07) is 0. The molecule has 0 aromatic rings. The van der Waals surface area contributed by atoms with Crippen molar-refractivity contribution in [2.75, 3.05) is 6.61 Å². The average molecular weight is 429 g/mol. The molecule has 0 unspecified atom stereocenters. The Morgan fingerprint density at radius 2 is 1.87 bits per heavy atom. The predicted molar refractivity (Wildman–Crippen MR) is 127 cm³/mol. The van der Waals surface area contributed by atoms with Crippen LogP contribution in [0.4, 0.5) is 0 Å². The van der Waals surface area contributed by atoms with Crippen LogP contribution >= 0.6 is 0 Å². The summed E-state index contributed by atoms with van der Waals surface area (Å²) in [7, 11) is 0. The highest BCUT2D eigenvalue weighted by Gasteiger charge is 2.52. The van der Waals surface area contributed by atoms with Crippen LogP contribution in [0, 0.1) is 29.1 Å². The fourth-order valence-electron chi connectivity index (χ4n) is 7.37. The van der Waals surface area contributed by atoms with Crippen LogP contribution in [0.25, 0.3) is 0 Å². The van der Waals surface area contributed by atoms with Gasteiger partial charge in [0, 0.05) is 6.42 Å². The van der Waals surface area contributed by atoms with Gasteiger partial charge in [-0.25, -0.2) is 0 Å². The fourth-order valence-corrected chi connectivity index (χ4v) is 7.37. The minimum Gasteiger partial charge on any atom is -0.393 e. The van der Waals surface area contributed by atoms with E-state index in [0.717, 1.165) is 23.7 Å². The first-order chi connectivity index (χ1) is 14.6. The Balaban J connectivity index is 1.49. The van der Waals surface area contributed by atoms with Gasteiger partial charge in [-0.2, -0.15) is 0 Å². The molecule has 3 nitrogen and oxygen atoms in total. The molecule has 7 atom stereocenters. The van der Waals surface area contributed by atoms with E-state index in [-0.39, 0.29) is 5.60 Å². The van der Waals surface area contributed by atoms with Gasteiger partial charge in [0.2, 0.25) is 0 Å². The second-order valence-electron chi connectivity index (χ2n) is 11.9.